The van der Waals surface area contributed by atoms with Gasteiger partial charge in [0.25, 0.3) is 0 Å². The molecule has 0 aliphatic rings. The average Bonchev–Trinajstić information content (AvgIpc) is 2.95. The summed E-state index contributed by atoms with van der Waals surface area (Å²) in [7, 11) is 0. The summed E-state index contributed by atoms with van der Waals surface area (Å²) < 4.78 is 0.0353. The Morgan fingerprint density at radius 3 is 1.30 bits per heavy atom. The fraction of sp³-hybridized carbons (Fsp3) is 1.00. The Labute approximate surface area is 236 Å². The van der Waals surface area contributed by atoms with Crippen LogP contribution in [0.2, 0.25) is 0 Å². The van der Waals surface area contributed by atoms with Crippen LogP contribution in [0.4, 0.5) is 0 Å². The largest absolute Gasteiger partial charge is 0.394 e. The number of nitrogens with zero attached hydrogens (tertiary/aromatic N) is 3. The van der Waals surface area contributed by atoms with Crippen LogP contribution in [-0.2, 0) is 0 Å². The minimum Gasteiger partial charge on any atom is -0.394 e. The van der Waals surface area contributed by atoms with Gasteiger partial charge in [-0.2, -0.15) is 0 Å². The molecule has 0 spiro atoms. The predicted octanol–water partition coefficient (Wildman–Crippen LogP) is -7.88. The normalized spacial score (nSPS) is 18.4. The summed E-state index contributed by atoms with van der Waals surface area (Å²) in [5.74, 6) is 0. The standard InChI is InChI=1S/C24H55N4O12/c29-13-19(35)7-25-1-5-28(11-23(39)17-33,12-24(40)18-34)6-4-26(8-20(36)14-30)2-3-27(9-21(37)15-31)10-22(38)16-32/h19-25,29-40H,1-18H2/q+1. The van der Waals surface area contributed by atoms with Gasteiger partial charge in [0, 0.05) is 52.4 Å². The molecule has 16 nitrogen and oxygen atoms in total. The third-order valence-corrected chi connectivity index (χ3v) is 6.63. The lowest BCUT2D eigenvalue weighted by Crippen LogP contribution is -2.61. The summed E-state index contributed by atoms with van der Waals surface area (Å²) in [4.78, 5) is 3.45. The van der Waals surface area contributed by atoms with Gasteiger partial charge < -0.3 is 71.1 Å². The Morgan fingerprint density at radius 2 is 0.875 bits per heavy atom. The molecule has 0 saturated carbocycles. The van der Waals surface area contributed by atoms with Gasteiger partial charge in [-0.15, -0.1) is 0 Å². The van der Waals surface area contributed by atoms with Crippen molar-refractivity contribution in [3.05, 3.63) is 0 Å². The van der Waals surface area contributed by atoms with E-state index < -0.39 is 76.3 Å². The molecule has 0 aromatic carbocycles. The van der Waals surface area contributed by atoms with Crippen molar-refractivity contribution in [2.75, 3.05) is 118 Å². The van der Waals surface area contributed by atoms with Crippen LogP contribution in [0, 0.1) is 0 Å². The average molecular weight is 592 g/mol. The van der Waals surface area contributed by atoms with E-state index in [-0.39, 0.29) is 69.9 Å². The quantitative estimate of drug-likeness (QED) is 0.0312. The number of aliphatic hydroxyl groups is 12. The second-order valence-corrected chi connectivity index (χ2v) is 10.4. The van der Waals surface area contributed by atoms with E-state index in [1.165, 1.54) is 0 Å². The monoisotopic (exact) mass is 591 g/mol. The van der Waals surface area contributed by atoms with Crippen molar-refractivity contribution in [3.8, 4) is 0 Å². The Morgan fingerprint density at radius 1 is 0.475 bits per heavy atom. The molecule has 0 rings (SSSR count). The predicted molar refractivity (Wildman–Crippen MR) is 144 cm³/mol. The summed E-state index contributed by atoms with van der Waals surface area (Å²) >= 11 is 0. The second-order valence-electron chi connectivity index (χ2n) is 10.4. The molecule has 16 heteroatoms. The summed E-state index contributed by atoms with van der Waals surface area (Å²) in [5.41, 5.74) is 0. The van der Waals surface area contributed by atoms with Crippen LogP contribution in [0.25, 0.3) is 0 Å². The van der Waals surface area contributed by atoms with Crippen molar-refractivity contribution >= 4 is 0 Å². The molecule has 6 atom stereocenters. The number of hydrogen-bond acceptors (Lipinski definition) is 15. The Kier molecular flexibility index (Phi) is 22.5. The molecule has 0 aliphatic heterocycles. The molecule has 40 heavy (non-hydrogen) atoms. The zero-order valence-electron chi connectivity index (χ0n) is 23.4. The van der Waals surface area contributed by atoms with Gasteiger partial charge >= 0.3 is 0 Å². The van der Waals surface area contributed by atoms with Crippen molar-refractivity contribution in [1.29, 1.82) is 0 Å². The SMILES string of the molecule is OCC(O)CNCC[N+](CCN(CCN(CC(O)CO)CC(O)CO)CC(O)CO)(CC(O)CO)CC(O)CO. The van der Waals surface area contributed by atoms with Gasteiger partial charge in [-0.3, -0.25) is 9.80 Å². The first kappa shape index (κ1) is 39.4. The van der Waals surface area contributed by atoms with Crippen LogP contribution in [-0.4, -0.2) is 230 Å². The van der Waals surface area contributed by atoms with Crippen molar-refractivity contribution in [2.45, 2.75) is 36.6 Å². The molecule has 6 unspecified atom stereocenters. The summed E-state index contributed by atoms with van der Waals surface area (Å²) in [6, 6.07) is 0. The van der Waals surface area contributed by atoms with E-state index in [1.54, 1.807) is 9.80 Å². The lowest BCUT2D eigenvalue weighted by molar-refractivity contribution is -0.932. The third kappa shape index (κ3) is 18.0. The third-order valence-electron chi connectivity index (χ3n) is 6.63. The van der Waals surface area contributed by atoms with Gasteiger partial charge in [0.2, 0.25) is 0 Å². The highest BCUT2D eigenvalue weighted by Crippen LogP contribution is 2.12. The number of quaternary nitrogens is 1. The first-order valence-corrected chi connectivity index (χ1v) is 13.7. The van der Waals surface area contributed by atoms with Gasteiger partial charge in [0.15, 0.2) is 0 Å². The zero-order chi connectivity index (χ0) is 30.6. The molecular formula is C24H55N4O12+. The van der Waals surface area contributed by atoms with E-state index >= 15 is 0 Å². The maximum atomic E-state index is 10.3. The molecular weight excluding hydrogens is 536 g/mol. The number of rotatable bonds is 27. The van der Waals surface area contributed by atoms with Gasteiger partial charge in [-0.1, -0.05) is 0 Å². The topological polar surface area (TPSA) is 261 Å². The van der Waals surface area contributed by atoms with E-state index in [1.807, 2.05) is 0 Å². The van der Waals surface area contributed by atoms with Crippen LogP contribution in [0.15, 0.2) is 0 Å². The zero-order valence-corrected chi connectivity index (χ0v) is 23.4. The van der Waals surface area contributed by atoms with E-state index in [0.717, 1.165) is 0 Å². The van der Waals surface area contributed by atoms with E-state index in [4.69, 9.17) is 5.11 Å². The Bertz CT molecular complexity index is 576. The second kappa shape index (κ2) is 22.9. The van der Waals surface area contributed by atoms with Crippen LogP contribution in [0.5, 0.6) is 0 Å². The highest BCUT2D eigenvalue weighted by atomic mass is 16.3. The maximum absolute atomic E-state index is 10.3. The van der Waals surface area contributed by atoms with Crippen LogP contribution in [0.1, 0.15) is 0 Å². The maximum Gasteiger partial charge on any atom is 0.126 e. The number of nitrogens with one attached hydrogen (secondary N) is 1. The number of hydrogen-bond donors (Lipinski definition) is 13. The Hall–Kier alpha value is -0.640. The van der Waals surface area contributed by atoms with Crippen molar-refractivity contribution in [2.24, 2.45) is 0 Å². The van der Waals surface area contributed by atoms with Crippen LogP contribution >= 0.6 is 0 Å². The van der Waals surface area contributed by atoms with Gasteiger partial charge in [0.1, 0.15) is 25.3 Å². The highest BCUT2D eigenvalue weighted by molar-refractivity contribution is 4.73. The first-order valence-electron chi connectivity index (χ1n) is 13.7. The van der Waals surface area contributed by atoms with Gasteiger partial charge in [-0.25, -0.2) is 0 Å². The molecule has 0 saturated heterocycles. The summed E-state index contributed by atoms with van der Waals surface area (Å²) in [6.45, 7) is -1.09. The molecule has 0 bridgehead atoms. The van der Waals surface area contributed by atoms with Gasteiger partial charge in [-0.05, 0) is 0 Å². The summed E-state index contributed by atoms with van der Waals surface area (Å²) in [5, 5.41) is 119. The highest BCUT2D eigenvalue weighted by Gasteiger charge is 2.33. The van der Waals surface area contributed by atoms with Gasteiger partial charge in [0.05, 0.1) is 77.1 Å². The molecule has 0 radical (unpaired) electrons. The first-order chi connectivity index (χ1) is 19.0. The number of aliphatic hydroxyl groups excluding tert-OH is 12. The lowest BCUT2D eigenvalue weighted by atomic mass is 10.2. The fourth-order valence-electron chi connectivity index (χ4n) is 4.47. The van der Waals surface area contributed by atoms with Crippen molar-refractivity contribution in [1.82, 2.24) is 15.1 Å². The Balaban J connectivity index is 5.78. The van der Waals surface area contributed by atoms with E-state index in [0.29, 0.717) is 13.1 Å². The van der Waals surface area contributed by atoms with E-state index in [2.05, 4.69) is 5.32 Å². The lowest BCUT2D eigenvalue weighted by Gasteiger charge is -2.42. The molecule has 0 aliphatic carbocycles. The van der Waals surface area contributed by atoms with Crippen LogP contribution in [0.3, 0.4) is 0 Å². The molecule has 242 valence electrons. The minimum absolute atomic E-state index is 0.0146. The molecule has 0 fully saturated rings. The smallest absolute Gasteiger partial charge is 0.126 e. The molecule has 0 amide bonds. The molecule has 0 aromatic heterocycles. The molecule has 0 aromatic rings. The fourth-order valence-corrected chi connectivity index (χ4v) is 4.47. The molecule has 0 heterocycles. The van der Waals surface area contributed by atoms with Crippen molar-refractivity contribution < 1.29 is 65.8 Å². The minimum atomic E-state index is -1.14. The summed E-state index contributed by atoms with van der Waals surface area (Å²) in [6.07, 6.45) is -6.50. The molecule has 13 N–H and O–H groups in total. The van der Waals surface area contributed by atoms with E-state index in [9.17, 15) is 56.2 Å². The van der Waals surface area contributed by atoms with Crippen LogP contribution < -0.4 is 5.32 Å². The van der Waals surface area contributed by atoms with Crippen molar-refractivity contribution in [3.63, 3.8) is 0 Å².